The summed E-state index contributed by atoms with van der Waals surface area (Å²) in [5.74, 6) is -0.586. The largest absolute Gasteiger partial charge is 0.250 e. The van der Waals surface area contributed by atoms with Crippen molar-refractivity contribution >= 4 is 33.0 Å². The maximum absolute atomic E-state index is 13.4. The Labute approximate surface area is 132 Å². The number of rotatable bonds is 5. The van der Waals surface area contributed by atoms with Gasteiger partial charge in [-0.25, -0.2) is 17.8 Å². The normalized spacial score (nSPS) is 12.0. The summed E-state index contributed by atoms with van der Waals surface area (Å²) < 4.78 is 39.6. The molecule has 2 aromatic rings. The minimum absolute atomic E-state index is 0.0317. The molecule has 0 saturated heterocycles. The van der Waals surface area contributed by atoms with Crippen LogP contribution >= 0.6 is 22.9 Å². The van der Waals surface area contributed by atoms with Crippen molar-refractivity contribution in [3.8, 4) is 0 Å². The summed E-state index contributed by atoms with van der Waals surface area (Å²) in [6.45, 7) is 2.06. The molecule has 0 aliphatic rings. The van der Waals surface area contributed by atoms with E-state index in [-0.39, 0.29) is 22.9 Å². The molecule has 0 radical (unpaired) electrons. The Morgan fingerprint density at radius 1 is 1.43 bits per heavy atom. The first-order valence-electron chi connectivity index (χ1n) is 6.06. The van der Waals surface area contributed by atoms with Crippen LogP contribution in [0.15, 0.2) is 28.6 Å². The quantitative estimate of drug-likeness (QED) is 0.780. The third-order valence-corrected chi connectivity index (χ3v) is 6.09. The van der Waals surface area contributed by atoms with Gasteiger partial charge in [0.25, 0.3) is 0 Å². The van der Waals surface area contributed by atoms with Crippen LogP contribution in [0.2, 0.25) is 0 Å². The van der Waals surface area contributed by atoms with Gasteiger partial charge in [-0.05, 0) is 25.1 Å². The van der Waals surface area contributed by atoms with Crippen LogP contribution in [0.4, 0.5) is 4.39 Å². The van der Waals surface area contributed by atoms with Crippen LogP contribution in [0.1, 0.15) is 16.1 Å². The Balaban J connectivity index is 2.31. The lowest BCUT2D eigenvalue weighted by Crippen LogP contribution is -2.26. The highest BCUT2D eigenvalue weighted by molar-refractivity contribution is 7.89. The number of hydrogen-bond acceptors (Lipinski definition) is 4. The predicted molar refractivity (Wildman–Crippen MR) is 81.5 cm³/mol. The van der Waals surface area contributed by atoms with Gasteiger partial charge in [-0.2, -0.15) is 4.31 Å². The zero-order valence-corrected chi connectivity index (χ0v) is 13.9. The first-order valence-corrected chi connectivity index (χ1v) is 8.91. The average molecular weight is 349 g/mol. The molecule has 0 saturated carbocycles. The Morgan fingerprint density at radius 3 is 2.71 bits per heavy atom. The molecular weight excluding hydrogens is 335 g/mol. The van der Waals surface area contributed by atoms with E-state index in [1.807, 2.05) is 6.92 Å². The van der Waals surface area contributed by atoms with E-state index in [0.29, 0.717) is 0 Å². The number of benzene rings is 1. The van der Waals surface area contributed by atoms with Crippen molar-refractivity contribution in [1.82, 2.24) is 9.29 Å². The summed E-state index contributed by atoms with van der Waals surface area (Å²) in [5.41, 5.74) is 2.65. The maximum atomic E-state index is 13.4. The second kappa shape index (κ2) is 6.39. The van der Waals surface area contributed by atoms with Gasteiger partial charge in [-0.3, -0.25) is 0 Å². The van der Waals surface area contributed by atoms with E-state index in [2.05, 4.69) is 4.98 Å². The highest BCUT2D eigenvalue weighted by Crippen LogP contribution is 2.22. The van der Waals surface area contributed by atoms with Gasteiger partial charge in [0.15, 0.2) is 0 Å². The molecule has 0 unspecified atom stereocenters. The van der Waals surface area contributed by atoms with Crippen LogP contribution in [-0.2, 0) is 22.4 Å². The van der Waals surface area contributed by atoms with Gasteiger partial charge in [0.1, 0.15) is 5.82 Å². The summed E-state index contributed by atoms with van der Waals surface area (Å²) in [7, 11) is -2.21. The Hall–Kier alpha value is -1.02. The average Bonchev–Trinajstić information content (AvgIpc) is 2.84. The van der Waals surface area contributed by atoms with Gasteiger partial charge < -0.3 is 0 Å². The summed E-state index contributed by atoms with van der Waals surface area (Å²) in [6, 6.07) is 3.64. The van der Waals surface area contributed by atoms with Crippen molar-refractivity contribution in [1.29, 1.82) is 0 Å². The first-order chi connectivity index (χ1) is 9.86. The number of sulfonamides is 1. The summed E-state index contributed by atoms with van der Waals surface area (Å²) >= 11 is 7.02. The van der Waals surface area contributed by atoms with Crippen molar-refractivity contribution in [3.63, 3.8) is 0 Å². The van der Waals surface area contributed by atoms with Crippen molar-refractivity contribution in [2.24, 2.45) is 0 Å². The van der Waals surface area contributed by atoms with Gasteiger partial charge in [0.2, 0.25) is 10.0 Å². The Kier molecular flexibility index (Phi) is 4.98. The van der Waals surface area contributed by atoms with Gasteiger partial charge in [-0.15, -0.1) is 22.9 Å². The van der Waals surface area contributed by atoms with E-state index in [9.17, 15) is 12.8 Å². The maximum Gasteiger partial charge on any atom is 0.243 e. The molecular formula is C13H14ClFN2O2S2. The van der Waals surface area contributed by atoms with Crippen molar-refractivity contribution < 1.29 is 12.8 Å². The van der Waals surface area contributed by atoms with Gasteiger partial charge >= 0.3 is 0 Å². The Bertz CT molecular complexity index is 746. The molecule has 0 N–H and O–H groups in total. The number of aromatic nitrogens is 1. The van der Waals surface area contributed by atoms with E-state index in [1.165, 1.54) is 34.8 Å². The number of nitrogens with zero attached hydrogens (tertiary/aromatic N) is 2. The summed E-state index contributed by atoms with van der Waals surface area (Å²) in [4.78, 5) is 5.00. The number of aryl methyl sites for hydroxylation is 1. The minimum atomic E-state index is -3.69. The molecule has 114 valence electrons. The predicted octanol–water partition coefficient (Wildman–Crippen LogP) is 3.15. The lowest BCUT2D eigenvalue weighted by Gasteiger charge is -2.17. The van der Waals surface area contributed by atoms with E-state index in [0.717, 1.165) is 16.6 Å². The molecule has 1 aromatic heterocycles. The molecule has 0 fully saturated rings. The zero-order chi connectivity index (χ0) is 15.6. The minimum Gasteiger partial charge on any atom is -0.250 e. The molecule has 4 nitrogen and oxygen atoms in total. The molecule has 0 amide bonds. The summed E-state index contributed by atoms with van der Waals surface area (Å²) in [5, 5.41) is 0. The van der Waals surface area contributed by atoms with Gasteiger partial charge in [0, 0.05) is 24.0 Å². The first kappa shape index (κ1) is 16.4. The van der Waals surface area contributed by atoms with Gasteiger partial charge in [0.05, 0.1) is 22.0 Å². The fourth-order valence-corrected chi connectivity index (χ4v) is 4.07. The molecule has 0 bridgehead atoms. The smallest absolute Gasteiger partial charge is 0.243 e. The molecule has 1 aromatic carbocycles. The topological polar surface area (TPSA) is 50.3 Å². The number of halogens is 2. The van der Waals surface area contributed by atoms with E-state index < -0.39 is 15.8 Å². The molecule has 0 aliphatic carbocycles. The van der Waals surface area contributed by atoms with Gasteiger partial charge in [-0.1, -0.05) is 0 Å². The molecule has 0 atom stereocenters. The van der Waals surface area contributed by atoms with Crippen LogP contribution < -0.4 is 0 Å². The second-order valence-corrected chi connectivity index (χ2v) is 7.76. The fraction of sp³-hybridized carbons (Fsp3) is 0.308. The number of hydrogen-bond donors (Lipinski definition) is 0. The third-order valence-electron chi connectivity index (χ3n) is 3.08. The molecule has 1 heterocycles. The van der Waals surface area contributed by atoms with Crippen molar-refractivity contribution in [2.75, 3.05) is 7.05 Å². The van der Waals surface area contributed by atoms with E-state index in [4.69, 9.17) is 11.6 Å². The number of alkyl halides is 1. The van der Waals surface area contributed by atoms with Crippen LogP contribution in [0, 0.1) is 12.7 Å². The molecule has 0 aliphatic heterocycles. The van der Waals surface area contributed by atoms with E-state index in [1.54, 1.807) is 5.51 Å². The SMILES string of the molecule is Cc1ncsc1CN(C)S(=O)(=O)c1ccc(F)c(CCl)c1. The molecule has 0 spiro atoms. The second-order valence-electron chi connectivity index (χ2n) is 4.51. The van der Waals surface area contributed by atoms with Crippen molar-refractivity contribution in [3.05, 3.63) is 45.7 Å². The molecule has 21 heavy (non-hydrogen) atoms. The highest BCUT2D eigenvalue weighted by Gasteiger charge is 2.23. The van der Waals surface area contributed by atoms with E-state index >= 15 is 0 Å². The Morgan fingerprint density at radius 2 is 2.14 bits per heavy atom. The van der Waals surface area contributed by atoms with Crippen molar-refractivity contribution in [2.45, 2.75) is 24.2 Å². The zero-order valence-electron chi connectivity index (χ0n) is 11.5. The van der Waals surface area contributed by atoms with Crippen LogP contribution in [0.3, 0.4) is 0 Å². The van der Waals surface area contributed by atoms with Crippen LogP contribution in [0.5, 0.6) is 0 Å². The van der Waals surface area contributed by atoms with Crippen LogP contribution in [-0.4, -0.2) is 24.8 Å². The molecule has 2 rings (SSSR count). The third kappa shape index (κ3) is 3.42. The highest BCUT2D eigenvalue weighted by atomic mass is 35.5. The number of thiazole rings is 1. The summed E-state index contributed by atoms with van der Waals surface area (Å²) in [6.07, 6.45) is 0. The standard InChI is InChI=1S/C13H14ClFN2O2S2/c1-9-13(20-8-16-9)7-17(2)21(18,19)11-3-4-12(15)10(5-11)6-14/h3-5,8H,6-7H2,1-2H3. The van der Waals surface area contributed by atoms with Crippen LogP contribution in [0.25, 0.3) is 0 Å². The lowest BCUT2D eigenvalue weighted by atomic mass is 10.2. The fourth-order valence-electron chi connectivity index (χ4n) is 1.76. The lowest BCUT2D eigenvalue weighted by molar-refractivity contribution is 0.468. The molecule has 8 heteroatoms. The monoisotopic (exact) mass is 348 g/mol.